The highest BCUT2D eigenvalue weighted by molar-refractivity contribution is 5.97. The predicted octanol–water partition coefficient (Wildman–Crippen LogP) is 1.13. The molecule has 1 atom stereocenters. The number of imidazole rings is 1. The Bertz CT molecular complexity index is 915. The fraction of sp³-hybridized carbons (Fsp3) is 0.444. The molecule has 2 aromatic rings. The van der Waals surface area contributed by atoms with Crippen LogP contribution in [0.4, 0.5) is 14.6 Å². The van der Waals surface area contributed by atoms with E-state index < -0.39 is 17.7 Å². The van der Waals surface area contributed by atoms with Crippen molar-refractivity contribution in [3.05, 3.63) is 30.5 Å². The van der Waals surface area contributed by atoms with Crippen molar-refractivity contribution in [2.75, 3.05) is 37.8 Å². The second-order valence-corrected chi connectivity index (χ2v) is 7.01. The largest absolute Gasteiger partial charge is 0.394 e. The molecule has 4 rings (SSSR count). The van der Waals surface area contributed by atoms with Crippen molar-refractivity contribution in [2.45, 2.75) is 18.1 Å². The van der Waals surface area contributed by atoms with Crippen LogP contribution in [0.3, 0.4) is 0 Å². The summed E-state index contributed by atoms with van der Waals surface area (Å²) < 4.78 is 36.0. The Labute approximate surface area is 164 Å². The van der Waals surface area contributed by atoms with Gasteiger partial charge in [-0.1, -0.05) is 0 Å². The molecular weight excluding hydrogens is 386 g/mol. The first-order chi connectivity index (χ1) is 14.0. The Morgan fingerprint density at radius 2 is 2.24 bits per heavy atom. The van der Waals surface area contributed by atoms with Gasteiger partial charge in [0.1, 0.15) is 23.6 Å². The van der Waals surface area contributed by atoms with Crippen molar-refractivity contribution in [1.82, 2.24) is 19.9 Å². The Morgan fingerprint density at radius 1 is 1.41 bits per heavy atom. The summed E-state index contributed by atoms with van der Waals surface area (Å²) in [6.07, 6.45) is 2.12. The number of H-pyrrole nitrogens is 1. The van der Waals surface area contributed by atoms with Gasteiger partial charge in [0.2, 0.25) is 0 Å². The second kappa shape index (κ2) is 7.93. The maximum Gasteiger partial charge on any atom is 0.279 e. The van der Waals surface area contributed by atoms with E-state index in [4.69, 9.17) is 14.9 Å². The van der Waals surface area contributed by atoms with Crippen LogP contribution >= 0.6 is 0 Å². The lowest BCUT2D eigenvalue weighted by Crippen LogP contribution is -2.66. The number of aliphatic hydroxyl groups excluding tert-OH is 1. The minimum Gasteiger partial charge on any atom is -0.394 e. The number of hydrogen-bond donors (Lipinski definition) is 3. The molecule has 2 fully saturated rings. The molecule has 0 saturated carbocycles. The number of nitrogens with one attached hydrogen (secondary N) is 2. The summed E-state index contributed by atoms with van der Waals surface area (Å²) in [5.41, 5.74) is -0.0489. The molecule has 11 heteroatoms. The Balaban J connectivity index is 1.53. The van der Waals surface area contributed by atoms with Gasteiger partial charge in [-0.25, -0.2) is 23.7 Å². The van der Waals surface area contributed by atoms with Gasteiger partial charge in [0.25, 0.3) is 6.43 Å². The smallest absolute Gasteiger partial charge is 0.279 e. The molecule has 2 aromatic heterocycles. The first kappa shape index (κ1) is 19.6. The van der Waals surface area contributed by atoms with Gasteiger partial charge in [0.15, 0.2) is 0 Å². The molecule has 0 radical (unpaired) electrons. The molecule has 0 amide bonds. The molecule has 29 heavy (non-hydrogen) atoms. The summed E-state index contributed by atoms with van der Waals surface area (Å²) in [5.74, 6) is 1.01. The lowest BCUT2D eigenvalue weighted by molar-refractivity contribution is -0.239. The first-order valence-electron chi connectivity index (χ1n) is 9.01. The fourth-order valence-electron chi connectivity index (χ4n) is 3.31. The number of aliphatic hydroxyl groups is 1. The molecule has 2 aliphatic heterocycles. The van der Waals surface area contributed by atoms with E-state index in [-0.39, 0.29) is 12.7 Å². The molecule has 0 aliphatic carbocycles. The number of nitrogens with zero attached hydrogens (tertiary/aromatic N) is 4. The van der Waals surface area contributed by atoms with Crippen LogP contribution in [-0.2, 0) is 9.47 Å². The van der Waals surface area contributed by atoms with Crippen molar-refractivity contribution in [1.29, 1.82) is 5.41 Å². The van der Waals surface area contributed by atoms with Crippen LogP contribution in [0, 0.1) is 5.41 Å². The van der Waals surface area contributed by atoms with E-state index in [9.17, 15) is 13.9 Å². The van der Waals surface area contributed by atoms with Gasteiger partial charge in [-0.2, -0.15) is 0 Å². The number of allylic oxidation sites excluding steroid dienone is 1. The molecule has 4 heterocycles. The molecule has 3 N–H and O–H groups in total. The summed E-state index contributed by atoms with van der Waals surface area (Å²) in [4.78, 5) is 17.7. The number of rotatable bonds is 6. The Hall–Kier alpha value is -2.76. The molecule has 154 valence electrons. The van der Waals surface area contributed by atoms with E-state index in [0.29, 0.717) is 49.3 Å². The van der Waals surface area contributed by atoms with Crippen molar-refractivity contribution in [3.8, 4) is 11.4 Å². The molecule has 0 aromatic carbocycles. The van der Waals surface area contributed by atoms with E-state index in [0.717, 1.165) is 6.08 Å². The third kappa shape index (κ3) is 4.16. The zero-order valence-electron chi connectivity index (χ0n) is 15.4. The minimum absolute atomic E-state index is 0.0972. The van der Waals surface area contributed by atoms with Crippen molar-refractivity contribution in [2.24, 2.45) is 0 Å². The summed E-state index contributed by atoms with van der Waals surface area (Å²) in [6, 6.07) is 1.79. The van der Waals surface area contributed by atoms with Crippen LogP contribution < -0.4 is 4.90 Å². The number of hydrogen-bond acceptors (Lipinski definition) is 8. The molecular formula is C18H20F2N6O3. The van der Waals surface area contributed by atoms with Crippen molar-refractivity contribution in [3.63, 3.8) is 0 Å². The Kier molecular flexibility index (Phi) is 5.35. The highest BCUT2D eigenvalue weighted by Crippen LogP contribution is 2.31. The number of aromatic nitrogens is 4. The van der Waals surface area contributed by atoms with Gasteiger partial charge >= 0.3 is 0 Å². The molecule has 2 aliphatic rings. The van der Waals surface area contributed by atoms with Crippen LogP contribution in [0.5, 0.6) is 0 Å². The summed E-state index contributed by atoms with van der Waals surface area (Å²) in [5, 5.41) is 16.7. The second-order valence-electron chi connectivity index (χ2n) is 7.01. The summed E-state index contributed by atoms with van der Waals surface area (Å²) >= 11 is 0. The number of halogens is 2. The predicted molar refractivity (Wildman–Crippen MR) is 100 cm³/mol. The third-order valence-corrected chi connectivity index (χ3v) is 4.76. The van der Waals surface area contributed by atoms with Crippen LogP contribution in [0.25, 0.3) is 17.5 Å². The topological polar surface area (TPSA) is 120 Å². The van der Waals surface area contributed by atoms with Crippen LogP contribution in [0.2, 0.25) is 0 Å². The van der Waals surface area contributed by atoms with Gasteiger partial charge in [-0.3, -0.25) is 5.41 Å². The summed E-state index contributed by atoms with van der Waals surface area (Å²) in [7, 11) is 0. The number of anilines is 1. The van der Waals surface area contributed by atoms with E-state index in [1.807, 2.05) is 4.90 Å². The number of ether oxygens (including phenoxy) is 2. The first-order valence-corrected chi connectivity index (χ1v) is 9.01. The SMILES string of the molecule is N=C(/C=C\c1ncc(-c2cc(N3CC(CO)OC4(COC4)C3)ncn2)[nH]1)C(F)F. The number of aromatic amines is 1. The monoisotopic (exact) mass is 406 g/mol. The zero-order valence-corrected chi connectivity index (χ0v) is 15.4. The Morgan fingerprint density at radius 3 is 2.93 bits per heavy atom. The number of morpholine rings is 1. The van der Waals surface area contributed by atoms with Crippen LogP contribution in [0.15, 0.2) is 24.7 Å². The third-order valence-electron chi connectivity index (χ3n) is 4.76. The lowest BCUT2D eigenvalue weighted by Gasteiger charge is -2.50. The maximum absolute atomic E-state index is 12.4. The minimum atomic E-state index is -2.83. The molecule has 1 unspecified atom stereocenters. The van der Waals surface area contributed by atoms with Crippen molar-refractivity contribution < 1.29 is 23.4 Å². The quantitative estimate of drug-likeness (QED) is 0.615. The normalized spacial score (nSPS) is 21.1. The molecule has 9 nitrogen and oxygen atoms in total. The highest BCUT2D eigenvalue weighted by Gasteiger charge is 2.47. The van der Waals surface area contributed by atoms with Gasteiger partial charge in [-0.15, -0.1) is 0 Å². The average Bonchev–Trinajstić information content (AvgIpc) is 3.19. The van der Waals surface area contributed by atoms with E-state index in [1.54, 1.807) is 6.07 Å². The summed E-state index contributed by atoms with van der Waals surface area (Å²) in [6.45, 7) is 1.93. The van der Waals surface area contributed by atoms with E-state index in [2.05, 4.69) is 19.9 Å². The van der Waals surface area contributed by atoms with E-state index >= 15 is 0 Å². The molecule has 1 spiro atoms. The molecule has 0 bridgehead atoms. The van der Waals surface area contributed by atoms with Gasteiger partial charge in [-0.05, 0) is 12.2 Å². The van der Waals surface area contributed by atoms with E-state index in [1.165, 1.54) is 18.6 Å². The van der Waals surface area contributed by atoms with Gasteiger partial charge in [0.05, 0.1) is 55.8 Å². The fourth-order valence-corrected chi connectivity index (χ4v) is 3.31. The highest BCUT2D eigenvalue weighted by atomic mass is 19.3. The van der Waals surface area contributed by atoms with Crippen LogP contribution in [0.1, 0.15) is 5.82 Å². The van der Waals surface area contributed by atoms with Crippen molar-refractivity contribution >= 4 is 17.6 Å². The standard InChI is InChI=1S/C18H20F2N6O3/c19-17(20)12(21)1-2-15-22-4-14(25-15)13-3-16(24-10-23-13)26-5-11(6-27)29-18(7-26)8-28-9-18/h1-4,10-11,17,21,27H,5-9H2,(H,22,25)/b2-1-,21-12?. The average molecular weight is 406 g/mol. The zero-order chi connectivity index (χ0) is 20.4. The van der Waals surface area contributed by atoms with Gasteiger partial charge in [0, 0.05) is 12.6 Å². The number of alkyl halides is 2. The molecule has 2 saturated heterocycles. The lowest BCUT2D eigenvalue weighted by atomic mass is 9.98. The van der Waals surface area contributed by atoms with Crippen LogP contribution in [-0.4, -0.2) is 81.8 Å². The van der Waals surface area contributed by atoms with Gasteiger partial charge < -0.3 is 24.5 Å². The maximum atomic E-state index is 12.4.